The molecule has 2 aliphatic rings. The minimum Gasteiger partial charge on any atom is -0.401 e. The van der Waals surface area contributed by atoms with E-state index in [9.17, 15) is 5.26 Å². The van der Waals surface area contributed by atoms with Crippen LogP contribution in [0.5, 0.6) is 0 Å². The Labute approximate surface area is 344 Å². The lowest BCUT2D eigenvalue weighted by Gasteiger charge is -2.25. The van der Waals surface area contributed by atoms with Gasteiger partial charge in [0.1, 0.15) is 0 Å². The van der Waals surface area contributed by atoms with Crippen LogP contribution in [0.2, 0.25) is 0 Å². The van der Waals surface area contributed by atoms with Gasteiger partial charge >= 0.3 is 0 Å². The first kappa shape index (κ1) is 54.3. The smallest absolute Gasteiger partial charge is 0.0659 e. The van der Waals surface area contributed by atoms with Gasteiger partial charge in [-0.2, -0.15) is 5.26 Å². The highest BCUT2D eigenvalue weighted by Crippen LogP contribution is 2.55. The average molecular weight is 761 g/mol. The Morgan fingerprint density at radius 2 is 1.36 bits per heavy atom. The van der Waals surface area contributed by atoms with Gasteiger partial charge in [-0.25, -0.2) is 5.84 Å². The summed E-state index contributed by atoms with van der Waals surface area (Å²) in [6, 6.07) is 2.42. The number of hydrogen-bond donors (Lipinski definition) is 2. The molecule has 0 spiro atoms. The Bertz CT molecular complexity index is 1100. The van der Waals surface area contributed by atoms with Gasteiger partial charge in [0.2, 0.25) is 0 Å². The second-order valence-electron chi connectivity index (χ2n) is 16.0. The van der Waals surface area contributed by atoms with Gasteiger partial charge in [-0.05, 0) is 113 Å². The standard InChI is InChI=1S/C31H49N.C15H29N3.C3H8.C2H6/c1-6-8-10-14-19-23-31(27-32)24-20-16-13-12-15-17-21-28(3)25-26-30(5)29(4)22-18-11-9-7-2;1-3-5-10-18(17)15-9-7-13-11(4-2)12(13)6-8-14(15)16;1-3-2;1-2/h6-11,13-14,16,19,28-31H,1-2,12,15,17-18,20-26H2,3-5H3;11-13H,3-10,16-17H2,1-2H3;3H2,1-2H3;1-2H3/b10-8-,11-9-,16-13-,19-14+;15-14-;;. The van der Waals surface area contributed by atoms with Crippen LogP contribution >= 0.6 is 0 Å². The summed E-state index contributed by atoms with van der Waals surface area (Å²) < 4.78 is 0. The van der Waals surface area contributed by atoms with E-state index in [1.807, 2.05) is 43.2 Å². The van der Waals surface area contributed by atoms with E-state index in [1.54, 1.807) is 6.08 Å². The van der Waals surface area contributed by atoms with Crippen LogP contribution in [0.15, 0.2) is 85.3 Å². The van der Waals surface area contributed by atoms with E-state index in [0.29, 0.717) is 0 Å². The molecule has 1 fully saturated rings. The number of hydrogen-bond acceptors (Lipinski definition) is 4. The molecule has 0 aliphatic heterocycles. The third-order valence-electron chi connectivity index (χ3n) is 11.3. The molecule has 0 aromatic heterocycles. The van der Waals surface area contributed by atoms with E-state index in [0.717, 1.165) is 86.3 Å². The third-order valence-corrected chi connectivity index (χ3v) is 11.3. The van der Waals surface area contributed by atoms with Crippen molar-refractivity contribution >= 4 is 0 Å². The predicted molar refractivity (Wildman–Crippen MR) is 248 cm³/mol. The number of nitrogens with two attached hydrogens (primary N) is 2. The van der Waals surface area contributed by atoms with Crippen molar-refractivity contribution in [3.8, 4) is 6.07 Å². The minimum atomic E-state index is 0.114. The summed E-state index contributed by atoms with van der Waals surface area (Å²) in [5, 5.41) is 11.2. The molecule has 7 atom stereocenters. The number of unbranched alkanes of at least 4 members (excludes halogenated alkanes) is 3. The van der Waals surface area contributed by atoms with Crippen molar-refractivity contribution in [1.82, 2.24) is 5.01 Å². The fourth-order valence-electron chi connectivity index (χ4n) is 7.51. The fourth-order valence-corrected chi connectivity index (χ4v) is 7.51. The second-order valence-corrected chi connectivity index (χ2v) is 16.0. The number of nitrogens with zero attached hydrogens (tertiary/aromatic N) is 2. The lowest BCUT2D eigenvalue weighted by molar-refractivity contribution is 0.311. The highest BCUT2D eigenvalue weighted by molar-refractivity contribution is 5.14. The Kier molecular flexibility index (Phi) is 37.7. The van der Waals surface area contributed by atoms with Gasteiger partial charge < -0.3 is 10.7 Å². The number of rotatable bonds is 25. The van der Waals surface area contributed by atoms with E-state index in [4.69, 9.17) is 11.6 Å². The first-order chi connectivity index (χ1) is 26.6. The molecule has 0 aromatic rings. The van der Waals surface area contributed by atoms with Crippen LogP contribution in [-0.2, 0) is 0 Å². The van der Waals surface area contributed by atoms with Crippen LogP contribution < -0.4 is 11.6 Å². The van der Waals surface area contributed by atoms with Crippen LogP contribution in [0, 0.1) is 52.8 Å². The fraction of sp³-hybridized carbons (Fsp3) is 0.706. The van der Waals surface area contributed by atoms with Crippen molar-refractivity contribution < 1.29 is 0 Å². The summed E-state index contributed by atoms with van der Waals surface area (Å²) in [6.45, 7) is 28.3. The zero-order valence-corrected chi connectivity index (χ0v) is 37.9. The molecular formula is C51H92N4. The Morgan fingerprint density at radius 3 is 1.98 bits per heavy atom. The van der Waals surface area contributed by atoms with Crippen LogP contribution in [0.3, 0.4) is 0 Å². The normalized spacial score (nSPS) is 21.4. The average Bonchev–Trinajstić information content (AvgIpc) is 3.87. The van der Waals surface area contributed by atoms with Crippen LogP contribution in [0.4, 0.5) is 0 Å². The van der Waals surface area contributed by atoms with Gasteiger partial charge in [-0.1, -0.05) is 181 Å². The van der Waals surface area contributed by atoms with E-state index in [1.165, 1.54) is 89.2 Å². The number of hydrazine groups is 1. The number of fused-ring (bicyclic) bond motifs is 1. The molecular weight excluding hydrogens is 669 g/mol. The predicted octanol–water partition coefficient (Wildman–Crippen LogP) is 15.3. The number of nitriles is 1. The maximum atomic E-state index is 9.27. The van der Waals surface area contributed by atoms with Crippen LogP contribution in [-0.4, -0.2) is 11.6 Å². The summed E-state index contributed by atoms with van der Waals surface area (Å²) in [6.07, 6.45) is 43.1. The molecule has 4 heteroatoms. The molecule has 0 amide bonds. The van der Waals surface area contributed by atoms with Crippen molar-refractivity contribution in [1.29, 1.82) is 5.26 Å². The first-order valence-corrected chi connectivity index (χ1v) is 22.9. The maximum absolute atomic E-state index is 9.27. The molecule has 0 bridgehead atoms. The summed E-state index contributed by atoms with van der Waals surface area (Å²) in [5.41, 5.74) is 8.52. The molecule has 7 unspecified atom stereocenters. The monoisotopic (exact) mass is 761 g/mol. The zero-order valence-electron chi connectivity index (χ0n) is 37.9. The lowest BCUT2D eigenvalue weighted by atomic mass is 9.85. The van der Waals surface area contributed by atoms with Gasteiger partial charge in [0.15, 0.2) is 0 Å². The molecule has 55 heavy (non-hydrogen) atoms. The van der Waals surface area contributed by atoms with Gasteiger partial charge in [0.25, 0.3) is 0 Å². The van der Waals surface area contributed by atoms with Crippen molar-refractivity contribution in [3.05, 3.63) is 85.3 Å². The Morgan fingerprint density at radius 1 is 0.745 bits per heavy atom. The Hall–Kier alpha value is -2.77. The van der Waals surface area contributed by atoms with Crippen LogP contribution in [0.25, 0.3) is 0 Å². The molecule has 4 N–H and O–H groups in total. The van der Waals surface area contributed by atoms with E-state index in [2.05, 4.69) is 98.1 Å². The van der Waals surface area contributed by atoms with E-state index < -0.39 is 0 Å². The molecule has 2 rings (SSSR count). The van der Waals surface area contributed by atoms with Crippen molar-refractivity contribution in [2.45, 2.75) is 184 Å². The first-order valence-electron chi connectivity index (χ1n) is 22.9. The quantitative estimate of drug-likeness (QED) is 0.0319. The lowest BCUT2D eigenvalue weighted by Crippen LogP contribution is -2.33. The molecule has 4 nitrogen and oxygen atoms in total. The molecule has 0 aromatic carbocycles. The molecule has 0 heterocycles. The number of allylic oxidation sites excluding steroid dienone is 12. The highest BCUT2D eigenvalue weighted by Gasteiger charge is 2.47. The van der Waals surface area contributed by atoms with Crippen LogP contribution in [0.1, 0.15) is 184 Å². The Balaban J connectivity index is 0. The van der Waals surface area contributed by atoms with Gasteiger partial charge in [-0.15, -0.1) is 0 Å². The topological polar surface area (TPSA) is 79.1 Å². The minimum absolute atomic E-state index is 0.114. The molecule has 0 radical (unpaired) electrons. The summed E-state index contributed by atoms with van der Waals surface area (Å²) >= 11 is 0. The van der Waals surface area contributed by atoms with E-state index >= 15 is 0 Å². The van der Waals surface area contributed by atoms with Gasteiger partial charge in [-0.3, -0.25) is 0 Å². The maximum Gasteiger partial charge on any atom is 0.0659 e. The van der Waals surface area contributed by atoms with Gasteiger partial charge in [0, 0.05) is 17.9 Å². The van der Waals surface area contributed by atoms with Crippen molar-refractivity contribution in [2.75, 3.05) is 6.54 Å². The molecule has 2 aliphatic carbocycles. The molecule has 1 saturated carbocycles. The summed E-state index contributed by atoms with van der Waals surface area (Å²) in [5.74, 6) is 11.6. The van der Waals surface area contributed by atoms with E-state index in [-0.39, 0.29) is 5.92 Å². The third kappa shape index (κ3) is 28.3. The second kappa shape index (κ2) is 38.1. The summed E-state index contributed by atoms with van der Waals surface area (Å²) in [4.78, 5) is 0. The summed E-state index contributed by atoms with van der Waals surface area (Å²) in [7, 11) is 0. The SMILES string of the molecule is C=C/C=C\C=C\CC(C#N)CC/C=C\CCCCC(C)CCC(C)C(C)CC/C=C\C=C.CC.CCC.CCCCN(N)/C1=C(\N)CCC2C(CC)C2CC1. The largest absolute Gasteiger partial charge is 0.401 e. The highest BCUT2D eigenvalue weighted by atomic mass is 15.4. The van der Waals surface area contributed by atoms with Gasteiger partial charge in [0.05, 0.1) is 12.0 Å². The van der Waals surface area contributed by atoms with Crippen molar-refractivity contribution in [2.24, 2.45) is 53.0 Å². The zero-order chi connectivity index (χ0) is 41.7. The molecule has 0 saturated heterocycles. The van der Waals surface area contributed by atoms with Crippen molar-refractivity contribution in [3.63, 3.8) is 0 Å². The molecule has 316 valence electrons.